The van der Waals surface area contributed by atoms with Crippen LogP contribution in [0.5, 0.6) is 0 Å². The van der Waals surface area contributed by atoms with Crippen LogP contribution >= 0.6 is 0 Å². The molecular weight excluding hydrogens is 230 g/mol. The van der Waals surface area contributed by atoms with E-state index in [2.05, 4.69) is 17.4 Å². The number of carbonyl (C=O) groups is 1. The molecule has 0 aliphatic carbocycles. The van der Waals surface area contributed by atoms with Crippen LogP contribution < -0.4 is 5.32 Å². The number of morpholine rings is 1. The molecule has 2 rings (SSSR count). The van der Waals surface area contributed by atoms with Gasteiger partial charge in [0.15, 0.2) is 0 Å². The summed E-state index contributed by atoms with van der Waals surface area (Å²) in [6, 6.07) is 8.18. The molecule has 0 amide bonds. The molecule has 0 radical (unpaired) electrons. The van der Waals surface area contributed by atoms with E-state index in [-0.39, 0.29) is 6.10 Å². The monoisotopic (exact) mass is 249 g/mol. The molecule has 1 aromatic rings. The minimum Gasteiger partial charge on any atom is -0.386 e. The molecule has 4 heteroatoms. The average molecular weight is 249 g/mol. The van der Waals surface area contributed by atoms with E-state index in [0.717, 1.165) is 25.3 Å². The maximum atomic E-state index is 10.3. The number of benzene rings is 1. The lowest BCUT2D eigenvalue weighted by Gasteiger charge is -2.24. The van der Waals surface area contributed by atoms with Gasteiger partial charge in [-0.2, -0.15) is 0 Å². The summed E-state index contributed by atoms with van der Waals surface area (Å²) in [4.78, 5) is 10.3. The second kappa shape index (κ2) is 6.64. The van der Waals surface area contributed by atoms with Gasteiger partial charge in [0.1, 0.15) is 12.4 Å². The summed E-state index contributed by atoms with van der Waals surface area (Å²) in [6.07, 6.45) is 1.05. The smallest absolute Gasteiger partial charge is 0.148 e. The number of nitrogens with one attached hydrogen (secondary N) is 1. The number of hydrogen-bond donors (Lipinski definition) is 2. The lowest BCUT2D eigenvalue weighted by Crippen LogP contribution is -2.33. The maximum absolute atomic E-state index is 10.3. The molecule has 18 heavy (non-hydrogen) atoms. The molecule has 1 aliphatic rings. The van der Waals surface area contributed by atoms with Crippen molar-refractivity contribution in [1.82, 2.24) is 5.32 Å². The lowest BCUT2D eigenvalue weighted by atomic mass is 10.0. The van der Waals surface area contributed by atoms with Gasteiger partial charge in [-0.05, 0) is 24.0 Å². The highest BCUT2D eigenvalue weighted by Crippen LogP contribution is 2.19. The third-order valence-corrected chi connectivity index (χ3v) is 3.16. The first-order valence-corrected chi connectivity index (χ1v) is 6.34. The zero-order valence-electron chi connectivity index (χ0n) is 10.3. The van der Waals surface area contributed by atoms with Crippen LogP contribution in [0, 0.1) is 0 Å². The molecule has 1 aromatic carbocycles. The van der Waals surface area contributed by atoms with Gasteiger partial charge in [-0.25, -0.2) is 0 Å². The van der Waals surface area contributed by atoms with Crippen molar-refractivity contribution in [3.05, 3.63) is 35.4 Å². The zero-order valence-corrected chi connectivity index (χ0v) is 10.3. The van der Waals surface area contributed by atoms with E-state index in [1.165, 1.54) is 5.56 Å². The summed E-state index contributed by atoms with van der Waals surface area (Å²) >= 11 is 0. The van der Waals surface area contributed by atoms with Gasteiger partial charge in [0, 0.05) is 13.1 Å². The Bertz CT molecular complexity index is 371. The second-order valence-electron chi connectivity index (χ2n) is 4.55. The highest BCUT2D eigenvalue weighted by molar-refractivity contribution is 5.55. The van der Waals surface area contributed by atoms with Crippen molar-refractivity contribution >= 4 is 6.29 Å². The molecule has 1 fully saturated rings. The SMILES string of the molecule is O=CC(O)CCc1ccc(C2CNCCO2)cc1. The number of hydrogen-bond acceptors (Lipinski definition) is 4. The third-order valence-electron chi connectivity index (χ3n) is 3.16. The zero-order chi connectivity index (χ0) is 12.8. The molecule has 0 aromatic heterocycles. The summed E-state index contributed by atoms with van der Waals surface area (Å²) in [6.45, 7) is 2.51. The van der Waals surface area contributed by atoms with Crippen LogP contribution in [0.1, 0.15) is 23.7 Å². The standard InChI is InChI=1S/C14H19NO3/c16-10-13(17)6-3-11-1-4-12(5-2-11)14-9-15-7-8-18-14/h1-2,4-5,10,13-15,17H,3,6-9H2. The molecule has 1 saturated heterocycles. The van der Waals surface area contributed by atoms with Crippen LogP contribution in [0.15, 0.2) is 24.3 Å². The summed E-state index contributed by atoms with van der Waals surface area (Å²) in [7, 11) is 0. The predicted molar refractivity (Wildman–Crippen MR) is 68.4 cm³/mol. The second-order valence-corrected chi connectivity index (χ2v) is 4.55. The molecule has 2 unspecified atom stereocenters. The fourth-order valence-electron chi connectivity index (χ4n) is 2.06. The third kappa shape index (κ3) is 3.63. The van der Waals surface area contributed by atoms with Crippen molar-refractivity contribution in [2.75, 3.05) is 19.7 Å². The molecule has 2 N–H and O–H groups in total. The van der Waals surface area contributed by atoms with Gasteiger partial charge in [0.05, 0.1) is 12.7 Å². The van der Waals surface area contributed by atoms with Gasteiger partial charge in [-0.1, -0.05) is 24.3 Å². The predicted octanol–water partition coefficient (Wildman–Crippen LogP) is 0.840. The van der Waals surface area contributed by atoms with Crippen LogP contribution in [0.3, 0.4) is 0 Å². The highest BCUT2D eigenvalue weighted by atomic mass is 16.5. The molecule has 0 spiro atoms. The van der Waals surface area contributed by atoms with E-state index in [0.29, 0.717) is 19.1 Å². The van der Waals surface area contributed by atoms with E-state index < -0.39 is 6.10 Å². The van der Waals surface area contributed by atoms with Crippen LogP contribution in [-0.4, -0.2) is 37.2 Å². The Morgan fingerprint density at radius 1 is 1.44 bits per heavy atom. The minimum absolute atomic E-state index is 0.133. The Kier molecular flexibility index (Phi) is 4.87. The first-order chi connectivity index (χ1) is 8.79. The van der Waals surface area contributed by atoms with Crippen molar-refractivity contribution in [1.29, 1.82) is 0 Å². The number of carbonyl (C=O) groups excluding carboxylic acids is 1. The molecule has 1 aliphatic heterocycles. The van der Waals surface area contributed by atoms with E-state index in [1.54, 1.807) is 0 Å². The quantitative estimate of drug-likeness (QED) is 0.759. The number of aldehydes is 1. The number of rotatable bonds is 5. The first-order valence-electron chi connectivity index (χ1n) is 6.34. The van der Waals surface area contributed by atoms with E-state index >= 15 is 0 Å². The lowest BCUT2D eigenvalue weighted by molar-refractivity contribution is -0.115. The average Bonchev–Trinajstić information content (AvgIpc) is 2.46. The van der Waals surface area contributed by atoms with E-state index in [1.807, 2.05) is 12.1 Å². The Morgan fingerprint density at radius 3 is 2.83 bits per heavy atom. The Morgan fingerprint density at radius 2 is 2.22 bits per heavy atom. The van der Waals surface area contributed by atoms with Gasteiger partial charge in [0.2, 0.25) is 0 Å². The molecule has 1 heterocycles. The summed E-state index contributed by atoms with van der Waals surface area (Å²) in [5.74, 6) is 0. The number of aliphatic hydroxyl groups is 1. The van der Waals surface area contributed by atoms with E-state index in [4.69, 9.17) is 4.74 Å². The van der Waals surface area contributed by atoms with Crippen LogP contribution in [0.2, 0.25) is 0 Å². The van der Waals surface area contributed by atoms with Crippen molar-refractivity contribution in [2.24, 2.45) is 0 Å². The Hall–Kier alpha value is -1.23. The molecule has 98 valence electrons. The number of aliphatic hydroxyl groups excluding tert-OH is 1. The number of aryl methyl sites for hydroxylation is 1. The fraction of sp³-hybridized carbons (Fsp3) is 0.500. The van der Waals surface area contributed by atoms with Crippen LogP contribution in [0.4, 0.5) is 0 Å². The highest BCUT2D eigenvalue weighted by Gasteiger charge is 2.15. The summed E-state index contributed by atoms with van der Waals surface area (Å²) in [5, 5.41) is 12.5. The summed E-state index contributed by atoms with van der Waals surface area (Å²) < 4.78 is 5.67. The van der Waals surface area contributed by atoms with Crippen molar-refractivity contribution in [2.45, 2.75) is 25.0 Å². The normalized spacial score (nSPS) is 21.5. The van der Waals surface area contributed by atoms with Gasteiger partial charge in [0.25, 0.3) is 0 Å². The maximum Gasteiger partial charge on any atom is 0.148 e. The van der Waals surface area contributed by atoms with Crippen LogP contribution in [-0.2, 0) is 16.0 Å². The molecule has 0 saturated carbocycles. The van der Waals surface area contributed by atoms with Gasteiger partial charge < -0.3 is 20.0 Å². The van der Waals surface area contributed by atoms with Crippen molar-refractivity contribution in [3.63, 3.8) is 0 Å². The molecule has 4 nitrogen and oxygen atoms in total. The Balaban J connectivity index is 1.90. The molecular formula is C14H19NO3. The van der Waals surface area contributed by atoms with Gasteiger partial charge in [-0.15, -0.1) is 0 Å². The molecule has 0 bridgehead atoms. The van der Waals surface area contributed by atoms with E-state index in [9.17, 15) is 9.90 Å². The van der Waals surface area contributed by atoms with Gasteiger partial charge in [-0.3, -0.25) is 0 Å². The summed E-state index contributed by atoms with van der Waals surface area (Å²) in [5.41, 5.74) is 2.30. The minimum atomic E-state index is -0.851. The molecule has 2 atom stereocenters. The largest absolute Gasteiger partial charge is 0.386 e. The fourth-order valence-corrected chi connectivity index (χ4v) is 2.06. The van der Waals surface area contributed by atoms with Crippen molar-refractivity contribution in [3.8, 4) is 0 Å². The first kappa shape index (κ1) is 13.2. The van der Waals surface area contributed by atoms with Crippen molar-refractivity contribution < 1.29 is 14.6 Å². The topological polar surface area (TPSA) is 58.6 Å². The van der Waals surface area contributed by atoms with Crippen LogP contribution in [0.25, 0.3) is 0 Å². The van der Waals surface area contributed by atoms with Gasteiger partial charge >= 0.3 is 0 Å². The number of ether oxygens (including phenoxy) is 1. The Labute approximate surface area is 107 Å².